The van der Waals surface area contributed by atoms with Gasteiger partial charge >= 0.3 is 0 Å². The predicted molar refractivity (Wildman–Crippen MR) is 192 cm³/mol. The van der Waals surface area contributed by atoms with Crippen LogP contribution in [0.25, 0.3) is 10.8 Å². The van der Waals surface area contributed by atoms with Crippen LogP contribution in [-0.4, -0.2) is 87.0 Å². The van der Waals surface area contributed by atoms with Gasteiger partial charge in [0.1, 0.15) is 5.84 Å². The molecule has 0 aliphatic carbocycles. The Kier molecular flexibility index (Phi) is 10.0. The lowest BCUT2D eigenvalue weighted by molar-refractivity contribution is 0.180. The summed E-state index contributed by atoms with van der Waals surface area (Å²) in [5.74, 6) is 1.44. The minimum Gasteiger partial charge on any atom is -0.402 e. The number of fused-ring (bicyclic) bond motifs is 2. The van der Waals surface area contributed by atoms with E-state index in [1.165, 1.54) is 72.8 Å². The zero-order valence-electron chi connectivity index (χ0n) is 27.7. The number of benzene rings is 2. The molecule has 7 heteroatoms. The highest BCUT2D eigenvalue weighted by Crippen LogP contribution is 2.42. The van der Waals surface area contributed by atoms with E-state index in [1.807, 2.05) is 12.3 Å². The summed E-state index contributed by atoms with van der Waals surface area (Å²) in [6.07, 6.45) is 15.8. The number of amidine groups is 1. The van der Waals surface area contributed by atoms with Gasteiger partial charge in [-0.2, -0.15) is 0 Å². The smallest absolute Gasteiger partial charge is 0.128 e. The molecule has 240 valence electrons. The Bertz CT molecular complexity index is 1470. The normalized spacial score (nSPS) is 23.0. The van der Waals surface area contributed by atoms with E-state index < -0.39 is 0 Å². The van der Waals surface area contributed by atoms with E-state index in [0.29, 0.717) is 11.5 Å². The lowest BCUT2D eigenvalue weighted by Crippen LogP contribution is -2.44. The number of hydrogen-bond donors (Lipinski definition) is 1. The first-order valence-electron chi connectivity index (χ1n) is 17.4. The number of likely N-dealkylation sites (tertiary alicyclic amines) is 1. The van der Waals surface area contributed by atoms with Crippen LogP contribution in [0, 0.1) is 5.92 Å². The van der Waals surface area contributed by atoms with Crippen LogP contribution in [0.2, 0.25) is 0 Å². The Balaban J connectivity index is 1.28. The van der Waals surface area contributed by atoms with Crippen molar-refractivity contribution < 1.29 is 0 Å². The second-order valence-corrected chi connectivity index (χ2v) is 13.5. The summed E-state index contributed by atoms with van der Waals surface area (Å²) in [4.78, 5) is 22.1. The fraction of sp³-hybridized carbons (Fsp3) is 0.553. The van der Waals surface area contributed by atoms with E-state index >= 15 is 0 Å². The molecule has 4 heterocycles. The molecule has 4 aliphatic rings. The van der Waals surface area contributed by atoms with Crippen molar-refractivity contribution in [2.75, 3.05) is 57.8 Å². The lowest BCUT2D eigenvalue weighted by atomic mass is 9.89. The molecule has 0 radical (unpaired) electrons. The van der Waals surface area contributed by atoms with Crippen LogP contribution < -0.4 is 10.6 Å². The minimum absolute atomic E-state index is 0.301. The second kappa shape index (κ2) is 14.3. The second-order valence-electron chi connectivity index (χ2n) is 13.5. The molecule has 2 N–H and O–H groups in total. The molecule has 2 aromatic rings. The van der Waals surface area contributed by atoms with Crippen LogP contribution in [-0.2, 0) is 6.42 Å². The zero-order chi connectivity index (χ0) is 31.2. The van der Waals surface area contributed by atoms with E-state index in [1.54, 1.807) is 7.05 Å². The molecule has 4 aliphatic heterocycles. The third kappa shape index (κ3) is 6.60. The molecule has 1 atom stereocenters. The monoisotopic (exact) mass is 607 g/mol. The minimum atomic E-state index is 0.301. The van der Waals surface area contributed by atoms with E-state index in [-0.39, 0.29) is 0 Å². The molecule has 45 heavy (non-hydrogen) atoms. The molecule has 0 aromatic heterocycles. The van der Waals surface area contributed by atoms with Gasteiger partial charge < -0.3 is 15.5 Å². The van der Waals surface area contributed by atoms with Crippen LogP contribution in [0.1, 0.15) is 70.3 Å². The van der Waals surface area contributed by atoms with E-state index in [9.17, 15) is 0 Å². The maximum atomic E-state index is 6.57. The molecular weight excluding hydrogens is 554 g/mol. The summed E-state index contributed by atoms with van der Waals surface area (Å²) in [6.45, 7) is 13.4. The topological polar surface area (TPSA) is 72.8 Å². The Morgan fingerprint density at radius 1 is 1.07 bits per heavy atom. The zero-order valence-corrected chi connectivity index (χ0v) is 27.7. The van der Waals surface area contributed by atoms with Gasteiger partial charge in [-0.1, -0.05) is 37.3 Å². The maximum absolute atomic E-state index is 6.57. The summed E-state index contributed by atoms with van der Waals surface area (Å²) < 4.78 is 0. The summed E-state index contributed by atoms with van der Waals surface area (Å²) in [7, 11) is 1.79. The van der Waals surface area contributed by atoms with Gasteiger partial charge in [0.25, 0.3) is 0 Å². The average Bonchev–Trinajstić information content (AvgIpc) is 3.67. The van der Waals surface area contributed by atoms with Gasteiger partial charge in [-0.25, -0.2) is 0 Å². The quantitative estimate of drug-likeness (QED) is 0.187. The van der Waals surface area contributed by atoms with Crippen LogP contribution in [0.5, 0.6) is 0 Å². The van der Waals surface area contributed by atoms with Gasteiger partial charge in [-0.15, -0.1) is 0 Å². The fourth-order valence-electron chi connectivity index (χ4n) is 8.64. The summed E-state index contributed by atoms with van der Waals surface area (Å²) in [6, 6.07) is 13.4. The molecule has 2 aromatic carbocycles. The number of allylic oxidation sites excluding steroid dienone is 1. The Labute approximate surface area is 270 Å². The van der Waals surface area contributed by atoms with Crippen molar-refractivity contribution in [1.29, 1.82) is 0 Å². The van der Waals surface area contributed by atoms with Gasteiger partial charge in [-0.05, 0) is 107 Å². The molecule has 3 saturated heterocycles. The number of aryl methyl sites for hydroxylation is 1. The van der Waals surface area contributed by atoms with Crippen molar-refractivity contribution in [3.8, 4) is 0 Å². The van der Waals surface area contributed by atoms with Crippen LogP contribution >= 0.6 is 0 Å². The van der Waals surface area contributed by atoms with Gasteiger partial charge in [0.2, 0.25) is 0 Å². The highest BCUT2D eigenvalue weighted by Gasteiger charge is 2.43. The molecule has 0 amide bonds. The van der Waals surface area contributed by atoms with Crippen molar-refractivity contribution >= 4 is 35.2 Å². The van der Waals surface area contributed by atoms with Crippen molar-refractivity contribution in [2.45, 2.75) is 76.7 Å². The highest BCUT2D eigenvalue weighted by atomic mass is 15.2. The summed E-state index contributed by atoms with van der Waals surface area (Å²) in [5, 5.41) is 2.67. The van der Waals surface area contributed by atoms with Crippen molar-refractivity contribution in [2.24, 2.45) is 26.6 Å². The number of piperidine rings is 1. The molecule has 0 bridgehead atoms. The van der Waals surface area contributed by atoms with Crippen LogP contribution in [0.15, 0.2) is 74.4 Å². The van der Waals surface area contributed by atoms with Gasteiger partial charge in [0, 0.05) is 73.2 Å². The summed E-state index contributed by atoms with van der Waals surface area (Å²) >= 11 is 0. The van der Waals surface area contributed by atoms with Crippen LogP contribution in [0.4, 0.5) is 5.69 Å². The van der Waals surface area contributed by atoms with Crippen molar-refractivity contribution in [3.05, 3.63) is 65.0 Å². The Hall–Kier alpha value is -3.45. The number of hydrogen-bond acceptors (Lipinski definition) is 6. The molecule has 7 nitrogen and oxygen atoms in total. The first-order valence-corrected chi connectivity index (χ1v) is 17.4. The summed E-state index contributed by atoms with van der Waals surface area (Å²) in [5.41, 5.74) is 13.0. The van der Waals surface area contributed by atoms with E-state index in [2.05, 4.69) is 69.7 Å². The molecule has 1 unspecified atom stereocenters. The SMILES string of the molecule is C=NC1=C(C(=NCCCC23CCCN2CCC3)N2CCCC(C(N)=CC=NC)C2)CCN(c2cccc3cccc(CC)c23)C1. The molecular formula is C38H53N7. The first kappa shape index (κ1) is 31.5. The third-order valence-electron chi connectivity index (χ3n) is 11.0. The Morgan fingerprint density at radius 2 is 1.87 bits per heavy atom. The van der Waals surface area contributed by atoms with Crippen molar-refractivity contribution in [3.63, 3.8) is 0 Å². The average molecular weight is 608 g/mol. The predicted octanol–water partition coefficient (Wildman–Crippen LogP) is 6.63. The van der Waals surface area contributed by atoms with E-state index in [0.717, 1.165) is 82.1 Å². The van der Waals surface area contributed by atoms with Crippen molar-refractivity contribution in [1.82, 2.24) is 9.80 Å². The number of aliphatic imine (C=N–C) groups is 3. The van der Waals surface area contributed by atoms with Gasteiger partial charge in [-0.3, -0.25) is 19.9 Å². The van der Waals surface area contributed by atoms with Gasteiger partial charge in [0.15, 0.2) is 0 Å². The van der Waals surface area contributed by atoms with Crippen LogP contribution in [0.3, 0.4) is 0 Å². The first-order chi connectivity index (χ1) is 22.1. The number of nitrogens with zero attached hydrogens (tertiary/aromatic N) is 6. The fourth-order valence-corrected chi connectivity index (χ4v) is 8.64. The highest BCUT2D eigenvalue weighted by molar-refractivity contribution is 6.01. The number of nitrogens with two attached hydrogens (primary N) is 1. The Morgan fingerprint density at radius 3 is 2.62 bits per heavy atom. The standard InChI is InChI=1S/C38H53N7/c1-4-29-11-5-12-30-13-6-15-35(36(29)30)43-26-17-32(34(28-43)41-3)37(44-23-7-14-31(27-44)33(39)16-22-40-2)42-21-8-18-38-19-9-24-45(38)25-10-20-38/h5-6,11-13,15-16,22,31H,3-4,7-10,14,17-21,23-28,39H2,1-2H3. The third-order valence-corrected chi connectivity index (χ3v) is 11.0. The number of rotatable bonds is 10. The molecule has 0 spiro atoms. The molecule has 6 rings (SSSR count). The largest absolute Gasteiger partial charge is 0.402 e. The number of anilines is 1. The van der Waals surface area contributed by atoms with Gasteiger partial charge in [0.05, 0.1) is 12.2 Å². The lowest BCUT2D eigenvalue weighted by Gasteiger charge is -2.39. The molecule has 3 fully saturated rings. The maximum Gasteiger partial charge on any atom is 0.128 e. The molecule has 0 saturated carbocycles. The van der Waals surface area contributed by atoms with E-state index in [4.69, 9.17) is 15.7 Å².